The minimum absolute atomic E-state index is 0.0118. The third-order valence-electron chi connectivity index (χ3n) is 3.62. The van der Waals surface area contributed by atoms with Crippen LogP contribution in [0.25, 0.3) is 0 Å². The van der Waals surface area contributed by atoms with Gasteiger partial charge in [0.2, 0.25) is 0 Å². The van der Waals surface area contributed by atoms with Gasteiger partial charge in [-0.3, -0.25) is 9.69 Å². The highest BCUT2D eigenvalue weighted by Crippen LogP contribution is 2.15. The van der Waals surface area contributed by atoms with Crippen molar-refractivity contribution in [3.8, 4) is 0 Å². The first kappa shape index (κ1) is 15.6. The maximum Gasteiger partial charge on any atom is 0.165 e. The fourth-order valence-corrected chi connectivity index (χ4v) is 3.65. The van der Waals surface area contributed by atoms with E-state index in [2.05, 4.69) is 4.90 Å². The summed E-state index contributed by atoms with van der Waals surface area (Å²) in [6, 6.07) is -0.0118. The number of rotatable bonds is 5. The summed E-state index contributed by atoms with van der Waals surface area (Å²) in [5.41, 5.74) is -0.759. The lowest BCUT2D eigenvalue weighted by Crippen LogP contribution is -2.48. The van der Waals surface area contributed by atoms with Crippen LogP contribution in [0.4, 0.5) is 0 Å². The average Bonchev–Trinajstić information content (AvgIpc) is 2.26. The predicted molar refractivity (Wildman–Crippen MR) is 70.4 cm³/mol. The number of carbonyl (C=O) groups is 1. The zero-order valence-electron chi connectivity index (χ0n) is 11.6. The van der Waals surface area contributed by atoms with E-state index in [9.17, 15) is 13.2 Å². The lowest BCUT2D eigenvalue weighted by molar-refractivity contribution is -0.137. The van der Waals surface area contributed by atoms with Crippen molar-refractivity contribution in [3.63, 3.8) is 0 Å². The molecule has 6 heteroatoms. The number of hydrogen-bond acceptors (Lipinski definition) is 5. The molecule has 1 fully saturated rings. The predicted octanol–water partition coefficient (Wildman–Crippen LogP) is 0.490. The Morgan fingerprint density at radius 2 is 2.06 bits per heavy atom. The molecular formula is C12H23NO4S. The van der Waals surface area contributed by atoms with Crippen LogP contribution in [0, 0.1) is 0 Å². The summed E-state index contributed by atoms with van der Waals surface area (Å²) in [6.07, 6.45) is 0.394. The van der Waals surface area contributed by atoms with E-state index in [0.717, 1.165) is 0 Å². The van der Waals surface area contributed by atoms with Crippen LogP contribution in [0.3, 0.4) is 0 Å². The van der Waals surface area contributed by atoms with E-state index in [1.54, 1.807) is 13.8 Å². The number of nitrogens with zero attached hydrogens (tertiary/aromatic N) is 1. The van der Waals surface area contributed by atoms with Crippen LogP contribution in [0.2, 0.25) is 0 Å². The van der Waals surface area contributed by atoms with Crippen LogP contribution in [0.1, 0.15) is 27.2 Å². The van der Waals surface area contributed by atoms with Crippen LogP contribution < -0.4 is 0 Å². The standard InChI is InChI=1S/C12H23NO4S/c1-10-9-18(15,16)8-7-13(10)6-5-11(14)12(2,3)17-4/h10H,5-9H2,1-4H3. The van der Waals surface area contributed by atoms with Crippen molar-refractivity contribution in [1.29, 1.82) is 0 Å². The maximum atomic E-state index is 11.9. The Bertz CT molecular complexity index is 402. The van der Waals surface area contributed by atoms with Crippen molar-refractivity contribution >= 4 is 15.6 Å². The summed E-state index contributed by atoms with van der Waals surface area (Å²) in [5, 5.41) is 0. The van der Waals surface area contributed by atoms with Gasteiger partial charge >= 0.3 is 0 Å². The first-order valence-electron chi connectivity index (χ1n) is 6.21. The van der Waals surface area contributed by atoms with E-state index >= 15 is 0 Å². The second-order valence-corrected chi connectivity index (χ2v) is 7.62. The van der Waals surface area contributed by atoms with Gasteiger partial charge in [-0.25, -0.2) is 8.42 Å². The van der Waals surface area contributed by atoms with Crippen LogP contribution >= 0.6 is 0 Å². The molecule has 18 heavy (non-hydrogen) atoms. The number of ether oxygens (including phenoxy) is 1. The Balaban J connectivity index is 2.48. The van der Waals surface area contributed by atoms with E-state index in [0.29, 0.717) is 19.5 Å². The van der Waals surface area contributed by atoms with Gasteiger partial charge in [0.05, 0.1) is 11.5 Å². The first-order valence-corrected chi connectivity index (χ1v) is 8.03. The van der Waals surface area contributed by atoms with Crippen LogP contribution in [0.15, 0.2) is 0 Å². The van der Waals surface area contributed by atoms with Crippen molar-refractivity contribution in [2.45, 2.75) is 38.8 Å². The Hall–Kier alpha value is -0.460. The van der Waals surface area contributed by atoms with Gasteiger partial charge in [-0.1, -0.05) is 0 Å². The largest absolute Gasteiger partial charge is 0.371 e. The molecule has 0 amide bonds. The van der Waals surface area contributed by atoms with Gasteiger partial charge in [0.15, 0.2) is 15.6 Å². The molecule has 0 N–H and O–H groups in total. The molecule has 5 nitrogen and oxygen atoms in total. The highest BCUT2D eigenvalue weighted by atomic mass is 32.2. The first-order chi connectivity index (χ1) is 8.18. The maximum absolute atomic E-state index is 11.9. The summed E-state index contributed by atoms with van der Waals surface area (Å²) in [5.74, 6) is 0.430. The van der Waals surface area contributed by atoms with E-state index in [1.165, 1.54) is 7.11 Å². The Morgan fingerprint density at radius 1 is 1.44 bits per heavy atom. The second kappa shape index (κ2) is 5.67. The minimum Gasteiger partial charge on any atom is -0.371 e. The third-order valence-corrected chi connectivity index (χ3v) is 5.41. The number of hydrogen-bond donors (Lipinski definition) is 0. The Kier molecular flexibility index (Phi) is 4.91. The van der Waals surface area contributed by atoms with Gasteiger partial charge in [-0.15, -0.1) is 0 Å². The Labute approximate surface area is 109 Å². The molecule has 0 bridgehead atoms. The smallest absolute Gasteiger partial charge is 0.165 e. The summed E-state index contributed by atoms with van der Waals surface area (Å²) in [7, 11) is -1.37. The number of Topliss-reactive ketones (excluding diaryl/α,β-unsaturated/α-hetero) is 1. The molecule has 1 atom stereocenters. The van der Waals surface area contributed by atoms with Gasteiger partial charge < -0.3 is 4.74 Å². The quantitative estimate of drug-likeness (QED) is 0.732. The van der Waals surface area contributed by atoms with E-state index in [-0.39, 0.29) is 23.3 Å². The molecule has 1 aliphatic rings. The van der Waals surface area contributed by atoms with Crippen molar-refractivity contribution in [3.05, 3.63) is 0 Å². The van der Waals surface area contributed by atoms with Crippen molar-refractivity contribution in [1.82, 2.24) is 4.90 Å². The number of ketones is 1. The number of carbonyl (C=O) groups excluding carboxylic acids is 1. The minimum atomic E-state index is -2.89. The lowest BCUT2D eigenvalue weighted by Gasteiger charge is -2.33. The molecule has 0 aromatic carbocycles. The summed E-state index contributed by atoms with van der Waals surface area (Å²) in [6.45, 7) is 6.51. The normalized spacial score (nSPS) is 25.0. The average molecular weight is 277 g/mol. The molecule has 1 aliphatic heterocycles. The molecule has 1 heterocycles. The van der Waals surface area contributed by atoms with Crippen LogP contribution in [-0.4, -0.2) is 62.4 Å². The highest BCUT2D eigenvalue weighted by Gasteiger charge is 2.31. The topological polar surface area (TPSA) is 63.7 Å². The molecule has 1 saturated heterocycles. The van der Waals surface area contributed by atoms with E-state index < -0.39 is 15.4 Å². The van der Waals surface area contributed by atoms with E-state index in [1.807, 2.05) is 6.92 Å². The Morgan fingerprint density at radius 3 is 2.56 bits per heavy atom. The van der Waals surface area contributed by atoms with Crippen LogP contribution in [0.5, 0.6) is 0 Å². The molecule has 106 valence electrons. The SMILES string of the molecule is COC(C)(C)C(=O)CCN1CCS(=O)(=O)CC1C. The van der Waals surface area contributed by atoms with Crippen molar-refractivity contribution < 1.29 is 17.9 Å². The third kappa shape index (κ3) is 4.03. The van der Waals surface area contributed by atoms with E-state index in [4.69, 9.17) is 4.74 Å². The van der Waals surface area contributed by atoms with Gasteiger partial charge in [-0.2, -0.15) is 0 Å². The zero-order valence-corrected chi connectivity index (χ0v) is 12.4. The van der Waals surface area contributed by atoms with Gasteiger partial charge in [0, 0.05) is 32.7 Å². The fraction of sp³-hybridized carbons (Fsp3) is 0.917. The number of sulfone groups is 1. The molecule has 1 unspecified atom stereocenters. The van der Waals surface area contributed by atoms with Crippen molar-refractivity contribution in [2.24, 2.45) is 0 Å². The fourth-order valence-electron chi connectivity index (χ4n) is 2.03. The van der Waals surface area contributed by atoms with Gasteiger partial charge in [0.1, 0.15) is 5.60 Å². The molecule has 0 aliphatic carbocycles. The zero-order chi connectivity index (χ0) is 14.0. The molecular weight excluding hydrogens is 254 g/mol. The number of methoxy groups -OCH3 is 1. The molecule has 0 aromatic rings. The molecule has 0 spiro atoms. The second-order valence-electron chi connectivity index (χ2n) is 5.39. The molecule has 1 rings (SSSR count). The van der Waals surface area contributed by atoms with Crippen molar-refractivity contribution in [2.75, 3.05) is 31.7 Å². The molecule has 0 saturated carbocycles. The highest BCUT2D eigenvalue weighted by molar-refractivity contribution is 7.91. The lowest BCUT2D eigenvalue weighted by atomic mass is 10.0. The van der Waals surface area contributed by atoms with Gasteiger partial charge in [0.25, 0.3) is 0 Å². The van der Waals surface area contributed by atoms with Crippen LogP contribution in [-0.2, 0) is 19.4 Å². The molecule has 0 aromatic heterocycles. The summed E-state index contributed by atoms with van der Waals surface area (Å²) in [4.78, 5) is 14.0. The summed E-state index contributed by atoms with van der Waals surface area (Å²) >= 11 is 0. The summed E-state index contributed by atoms with van der Waals surface area (Å²) < 4.78 is 28.0. The van der Waals surface area contributed by atoms with Gasteiger partial charge in [-0.05, 0) is 20.8 Å². The molecule has 0 radical (unpaired) electrons. The monoisotopic (exact) mass is 277 g/mol.